The molecule has 1 aliphatic carbocycles. The van der Waals surface area contributed by atoms with E-state index in [0.717, 1.165) is 23.1 Å². The maximum Gasteiger partial charge on any atom is 0.234 e. The van der Waals surface area contributed by atoms with E-state index < -0.39 is 0 Å². The normalized spacial score (nSPS) is 15.2. The highest BCUT2D eigenvalue weighted by Gasteiger charge is 2.17. The summed E-state index contributed by atoms with van der Waals surface area (Å²) in [5, 5.41) is 0. The molecule has 0 bridgehead atoms. The zero-order valence-electron chi connectivity index (χ0n) is 7.00. The third kappa shape index (κ3) is 1.01. The summed E-state index contributed by atoms with van der Waals surface area (Å²) in [5.41, 5.74) is 2.56. The van der Waals surface area contributed by atoms with E-state index in [1.54, 1.807) is 6.20 Å². The molecular weight excluding hydrogens is 230 g/mol. The number of hydrogen-bond donors (Lipinski definition) is 0. The van der Waals surface area contributed by atoms with Gasteiger partial charge in [-0.05, 0) is 35.2 Å². The van der Waals surface area contributed by atoms with Crippen molar-refractivity contribution < 1.29 is 0 Å². The van der Waals surface area contributed by atoms with Crippen molar-refractivity contribution in [2.24, 2.45) is 0 Å². The van der Waals surface area contributed by atoms with Crippen LogP contribution >= 0.6 is 15.9 Å². The summed E-state index contributed by atoms with van der Waals surface area (Å²) in [4.78, 5) is 8.71. The van der Waals surface area contributed by atoms with E-state index in [1.807, 2.05) is 6.20 Å². The lowest BCUT2D eigenvalue weighted by Gasteiger charge is -1.96. The predicted octanol–water partition coefficient (Wildman–Crippen LogP) is 1.98. The van der Waals surface area contributed by atoms with E-state index in [0.29, 0.717) is 0 Å². The molecule has 13 heavy (non-hydrogen) atoms. The molecule has 3 rings (SSSR count). The highest BCUT2D eigenvalue weighted by Crippen LogP contribution is 2.22. The van der Waals surface area contributed by atoms with E-state index in [4.69, 9.17) is 0 Å². The largest absolute Gasteiger partial charge is 0.287 e. The van der Waals surface area contributed by atoms with Gasteiger partial charge in [-0.15, -0.1) is 0 Å². The van der Waals surface area contributed by atoms with Gasteiger partial charge in [-0.3, -0.25) is 4.40 Å². The fourth-order valence-corrected chi connectivity index (χ4v) is 2.20. The lowest BCUT2D eigenvalue weighted by Crippen LogP contribution is -1.92. The number of aryl methyl sites for hydroxylation is 2. The Labute approximate surface area is 83.9 Å². The van der Waals surface area contributed by atoms with E-state index in [-0.39, 0.29) is 0 Å². The quantitative estimate of drug-likeness (QED) is 0.702. The minimum atomic E-state index is 0.827. The van der Waals surface area contributed by atoms with Crippen LogP contribution in [-0.4, -0.2) is 14.4 Å². The molecule has 0 amide bonds. The van der Waals surface area contributed by atoms with Crippen LogP contribution in [0.4, 0.5) is 0 Å². The first-order valence-electron chi connectivity index (χ1n) is 4.36. The summed E-state index contributed by atoms with van der Waals surface area (Å²) in [6.45, 7) is 0. The molecule has 2 aromatic heterocycles. The summed E-state index contributed by atoms with van der Waals surface area (Å²) >= 11 is 3.41. The maximum absolute atomic E-state index is 4.47. The van der Waals surface area contributed by atoms with Crippen molar-refractivity contribution in [2.45, 2.75) is 19.3 Å². The summed E-state index contributed by atoms with van der Waals surface area (Å²) in [6, 6.07) is 0. The molecule has 0 aromatic carbocycles. The molecule has 0 fully saturated rings. The van der Waals surface area contributed by atoms with Crippen LogP contribution in [0.3, 0.4) is 0 Å². The molecule has 0 atom stereocenters. The van der Waals surface area contributed by atoms with E-state index in [2.05, 4.69) is 30.3 Å². The fourth-order valence-electron chi connectivity index (χ4n) is 1.89. The zero-order chi connectivity index (χ0) is 8.84. The van der Waals surface area contributed by atoms with Gasteiger partial charge in [-0.2, -0.15) is 0 Å². The molecule has 0 unspecified atom stereocenters. The minimum Gasteiger partial charge on any atom is -0.287 e. The van der Waals surface area contributed by atoms with Crippen molar-refractivity contribution in [3.05, 3.63) is 28.3 Å². The number of halogens is 1. The van der Waals surface area contributed by atoms with Gasteiger partial charge in [0.15, 0.2) is 0 Å². The first kappa shape index (κ1) is 7.50. The van der Waals surface area contributed by atoms with Crippen LogP contribution in [0.2, 0.25) is 0 Å². The number of nitrogens with zero attached hydrogens (tertiary/aromatic N) is 3. The average molecular weight is 238 g/mol. The molecule has 4 heteroatoms. The lowest BCUT2D eigenvalue weighted by molar-refractivity contribution is 0.862. The van der Waals surface area contributed by atoms with Gasteiger partial charge in [-0.25, -0.2) is 9.97 Å². The Morgan fingerprint density at radius 1 is 1.38 bits per heavy atom. The van der Waals surface area contributed by atoms with Gasteiger partial charge in [-0.1, -0.05) is 0 Å². The van der Waals surface area contributed by atoms with Gasteiger partial charge in [0, 0.05) is 18.1 Å². The minimum absolute atomic E-state index is 0.827. The van der Waals surface area contributed by atoms with Crippen LogP contribution in [0.25, 0.3) is 5.78 Å². The zero-order valence-corrected chi connectivity index (χ0v) is 8.58. The Kier molecular flexibility index (Phi) is 1.47. The van der Waals surface area contributed by atoms with Gasteiger partial charge in [0.1, 0.15) is 0 Å². The molecule has 0 radical (unpaired) electrons. The average Bonchev–Trinajstić information content (AvgIpc) is 2.64. The second kappa shape index (κ2) is 2.54. The topological polar surface area (TPSA) is 30.2 Å². The summed E-state index contributed by atoms with van der Waals surface area (Å²) in [6.07, 6.45) is 7.30. The van der Waals surface area contributed by atoms with Crippen LogP contribution < -0.4 is 0 Å². The molecule has 0 saturated heterocycles. The third-order valence-electron chi connectivity index (χ3n) is 2.46. The molecule has 0 N–H and O–H groups in total. The first-order chi connectivity index (χ1) is 6.34. The molecule has 2 heterocycles. The molecular formula is C9H8BrN3. The number of hydrogen-bond acceptors (Lipinski definition) is 2. The molecule has 1 aliphatic rings. The molecule has 0 spiro atoms. The number of fused-ring (bicyclic) bond motifs is 3. The standard InChI is InChI=1S/C9H8BrN3/c10-6-4-11-9-12-7-2-1-3-8(7)13(9)5-6/h4-5H,1-3H2. The second-order valence-corrected chi connectivity index (χ2v) is 4.22. The fraction of sp³-hybridized carbons (Fsp3) is 0.333. The van der Waals surface area contributed by atoms with Crippen molar-refractivity contribution in [1.29, 1.82) is 0 Å². The summed E-state index contributed by atoms with van der Waals surface area (Å²) < 4.78 is 3.10. The van der Waals surface area contributed by atoms with Gasteiger partial charge in [0.25, 0.3) is 0 Å². The van der Waals surface area contributed by atoms with Crippen molar-refractivity contribution in [3.8, 4) is 0 Å². The van der Waals surface area contributed by atoms with Gasteiger partial charge in [0.05, 0.1) is 10.2 Å². The van der Waals surface area contributed by atoms with Crippen LogP contribution in [0.15, 0.2) is 16.9 Å². The number of rotatable bonds is 0. The van der Waals surface area contributed by atoms with Crippen LogP contribution in [0.5, 0.6) is 0 Å². The van der Waals surface area contributed by atoms with Crippen LogP contribution in [0.1, 0.15) is 17.8 Å². The van der Waals surface area contributed by atoms with Crippen molar-refractivity contribution in [3.63, 3.8) is 0 Å². The second-order valence-electron chi connectivity index (χ2n) is 3.30. The Balaban J connectivity index is 2.40. The van der Waals surface area contributed by atoms with Gasteiger partial charge >= 0.3 is 0 Å². The first-order valence-corrected chi connectivity index (χ1v) is 5.15. The number of imidazole rings is 1. The number of aromatic nitrogens is 3. The highest BCUT2D eigenvalue weighted by atomic mass is 79.9. The lowest BCUT2D eigenvalue weighted by atomic mass is 10.3. The van der Waals surface area contributed by atoms with Crippen molar-refractivity contribution in [2.75, 3.05) is 0 Å². The monoisotopic (exact) mass is 237 g/mol. The molecule has 0 saturated carbocycles. The molecule has 66 valence electrons. The van der Waals surface area contributed by atoms with Gasteiger partial charge < -0.3 is 0 Å². The third-order valence-corrected chi connectivity index (χ3v) is 2.87. The highest BCUT2D eigenvalue weighted by molar-refractivity contribution is 9.10. The van der Waals surface area contributed by atoms with Crippen molar-refractivity contribution in [1.82, 2.24) is 14.4 Å². The maximum atomic E-state index is 4.47. The van der Waals surface area contributed by atoms with Crippen molar-refractivity contribution >= 4 is 21.7 Å². The van der Waals surface area contributed by atoms with Crippen LogP contribution in [-0.2, 0) is 12.8 Å². The van der Waals surface area contributed by atoms with E-state index >= 15 is 0 Å². The Bertz CT molecular complexity index is 475. The summed E-state index contributed by atoms with van der Waals surface area (Å²) in [7, 11) is 0. The van der Waals surface area contributed by atoms with E-state index in [1.165, 1.54) is 17.8 Å². The molecule has 3 nitrogen and oxygen atoms in total. The molecule has 2 aromatic rings. The van der Waals surface area contributed by atoms with Gasteiger partial charge in [0.2, 0.25) is 5.78 Å². The molecule has 0 aliphatic heterocycles. The smallest absolute Gasteiger partial charge is 0.234 e. The SMILES string of the molecule is Brc1cnc2nc3c(n2c1)CCC3. The Hall–Kier alpha value is -0.900. The van der Waals surface area contributed by atoms with Crippen LogP contribution in [0, 0.1) is 0 Å². The Morgan fingerprint density at radius 2 is 2.31 bits per heavy atom. The summed E-state index contributed by atoms with van der Waals surface area (Å²) in [5.74, 6) is 0.827. The predicted molar refractivity (Wildman–Crippen MR) is 52.7 cm³/mol. The Morgan fingerprint density at radius 3 is 3.23 bits per heavy atom. The van der Waals surface area contributed by atoms with E-state index in [9.17, 15) is 0 Å².